The van der Waals surface area contributed by atoms with E-state index in [1.807, 2.05) is 47.4 Å². The van der Waals surface area contributed by atoms with Crippen LogP contribution in [0.25, 0.3) is 11.0 Å². The highest BCUT2D eigenvalue weighted by Crippen LogP contribution is 2.34. The summed E-state index contributed by atoms with van der Waals surface area (Å²) in [6.45, 7) is 5.85. The van der Waals surface area contributed by atoms with Gasteiger partial charge in [-0.05, 0) is 61.4 Å². The van der Waals surface area contributed by atoms with Crippen LogP contribution in [0.2, 0.25) is 0 Å². The summed E-state index contributed by atoms with van der Waals surface area (Å²) in [6.07, 6.45) is 0.448. The number of anilines is 1. The Kier molecular flexibility index (Phi) is 5.97. The summed E-state index contributed by atoms with van der Waals surface area (Å²) in [5.41, 5.74) is 5.27. The second-order valence-corrected chi connectivity index (χ2v) is 8.86. The lowest BCUT2D eigenvalue weighted by Crippen LogP contribution is -2.25. The number of hydrogen-bond donors (Lipinski definition) is 0. The van der Waals surface area contributed by atoms with Gasteiger partial charge in [-0.15, -0.1) is 0 Å². The molecule has 0 aliphatic carbocycles. The molecule has 5 rings (SSSR count). The minimum absolute atomic E-state index is 0.0204. The van der Waals surface area contributed by atoms with E-state index in [1.165, 1.54) is 0 Å². The first-order valence-corrected chi connectivity index (χ1v) is 11.6. The van der Waals surface area contributed by atoms with Crippen LogP contribution >= 0.6 is 0 Å². The number of benzene rings is 3. The smallest absolute Gasteiger partial charge is 0.227 e. The van der Waals surface area contributed by atoms with E-state index in [4.69, 9.17) is 14.5 Å². The van der Waals surface area contributed by atoms with Crippen molar-refractivity contribution in [2.45, 2.75) is 32.7 Å². The van der Waals surface area contributed by atoms with Gasteiger partial charge in [0.25, 0.3) is 0 Å². The Labute approximate surface area is 199 Å². The van der Waals surface area contributed by atoms with E-state index >= 15 is 0 Å². The maximum Gasteiger partial charge on any atom is 0.227 e. The summed E-state index contributed by atoms with van der Waals surface area (Å²) >= 11 is 0. The molecule has 1 aliphatic heterocycles. The van der Waals surface area contributed by atoms with Crippen molar-refractivity contribution < 1.29 is 14.3 Å². The molecular weight excluding hydrogens is 426 g/mol. The number of amides is 1. The third-order valence-electron chi connectivity index (χ3n) is 6.33. The lowest BCUT2D eigenvalue weighted by atomic mass is 10.1. The van der Waals surface area contributed by atoms with E-state index in [2.05, 4.69) is 42.7 Å². The van der Waals surface area contributed by atoms with Crippen LogP contribution in [0, 0.1) is 13.8 Å². The van der Waals surface area contributed by atoms with Gasteiger partial charge in [0.1, 0.15) is 12.4 Å². The van der Waals surface area contributed by atoms with Gasteiger partial charge in [-0.1, -0.05) is 30.3 Å². The molecule has 1 saturated heterocycles. The Balaban J connectivity index is 1.41. The zero-order chi connectivity index (χ0) is 23.7. The summed E-state index contributed by atoms with van der Waals surface area (Å²) in [5, 5.41) is 0. The van der Waals surface area contributed by atoms with Gasteiger partial charge >= 0.3 is 0 Å². The third-order valence-corrected chi connectivity index (χ3v) is 6.33. The van der Waals surface area contributed by atoms with Crippen LogP contribution in [0.5, 0.6) is 11.5 Å². The normalized spacial score (nSPS) is 15.8. The summed E-state index contributed by atoms with van der Waals surface area (Å²) in [6, 6.07) is 22.1. The quantitative estimate of drug-likeness (QED) is 0.381. The van der Waals surface area contributed by atoms with Gasteiger partial charge in [-0.25, -0.2) is 4.98 Å². The molecule has 0 bridgehead atoms. The number of aromatic nitrogens is 2. The molecule has 1 amide bonds. The van der Waals surface area contributed by atoms with Crippen molar-refractivity contribution in [3.63, 3.8) is 0 Å². The highest BCUT2D eigenvalue weighted by atomic mass is 16.5. The third kappa shape index (κ3) is 4.23. The summed E-state index contributed by atoms with van der Waals surface area (Å²) in [4.78, 5) is 19.9. The summed E-state index contributed by atoms with van der Waals surface area (Å²) < 4.78 is 13.7. The molecular formula is C28H29N3O3. The van der Waals surface area contributed by atoms with Crippen molar-refractivity contribution in [2.75, 3.05) is 25.2 Å². The number of ether oxygens (including phenoxy) is 2. The zero-order valence-corrected chi connectivity index (χ0v) is 19.8. The van der Waals surface area contributed by atoms with Gasteiger partial charge in [0.15, 0.2) is 11.5 Å². The summed E-state index contributed by atoms with van der Waals surface area (Å²) in [7, 11) is 1.64. The standard InChI is InChI=1S/C28H29N3O3/c1-19-14-20(2)16-22(15-19)31-18-21(17-27(31)32)28-29-23-8-4-5-9-24(23)30(28)12-13-34-26-11-7-6-10-25(26)33-3/h4-11,14-16,21H,12-13,17-18H2,1-3H3/t21-/m1/s1. The predicted octanol–water partition coefficient (Wildman–Crippen LogP) is 5.26. The van der Waals surface area contributed by atoms with Crippen molar-refractivity contribution in [2.24, 2.45) is 0 Å². The number of aryl methyl sites for hydroxylation is 2. The number of para-hydroxylation sites is 4. The molecule has 6 nitrogen and oxygen atoms in total. The molecule has 6 heteroatoms. The Bertz CT molecular complexity index is 1320. The first-order valence-electron chi connectivity index (χ1n) is 11.6. The lowest BCUT2D eigenvalue weighted by molar-refractivity contribution is -0.117. The molecule has 2 heterocycles. The number of rotatable bonds is 7. The van der Waals surface area contributed by atoms with Crippen molar-refractivity contribution in [3.05, 3.63) is 83.7 Å². The Morgan fingerprint density at radius 3 is 2.44 bits per heavy atom. The number of nitrogens with zero attached hydrogens (tertiary/aromatic N) is 3. The minimum atomic E-state index is 0.0204. The largest absolute Gasteiger partial charge is 0.493 e. The van der Waals surface area contributed by atoms with Gasteiger partial charge in [0.2, 0.25) is 5.91 Å². The van der Waals surface area contributed by atoms with E-state index in [1.54, 1.807) is 7.11 Å². The molecule has 1 aliphatic rings. The first-order chi connectivity index (χ1) is 16.5. The molecule has 0 radical (unpaired) electrons. The molecule has 3 aromatic carbocycles. The van der Waals surface area contributed by atoms with E-state index in [0.717, 1.165) is 33.7 Å². The fourth-order valence-electron chi connectivity index (χ4n) is 4.86. The van der Waals surface area contributed by atoms with E-state index in [-0.39, 0.29) is 11.8 Å². The number of hydrogen-bond acceptors (Lipinski definition) is 4. The fourth-order valence-corrected chi connectivity index (χ4v) is 4.86. The van der Waals surface area contributed by atoms with E-state index < -0.39 is 0 Å². The first kappa shape index (κ1) is 22.0. The lowest BCUT2D eigenvalue weighted by Gasteiger charge is -2.19. The molecule has 0 saturated carbocycles. The fraction of sp³-hybridized carbons (Fsp3) is 0.286. The predicted molar refractivity (Wildman–Crippen MR) is 134 cm³/mol. The van der Waals surface area contributed by atoms with E-state index in [0.29, 0.717) is 37.6 Å². The van der Waals surface area contributed by atoms with Gasteiger partial charge in [0.05, 0.1) is 24.7 Å². The Morgan fingerprint density at radius 2 is 1.68 bits per heavy atom. The Hall–Kier alpha value is -3.80. The van der Waals surface area contributed by atoms with Crippen molar-refractivity contribution in [1.29, 1.82) is 0 Å². The van der Waals surface area contributed by atoms with Crippen LogP contribution in [0.4, 0.5) is 5.69 Å². The molecule has 1 atom stereocenters. The average molecular weight is 456 g/mol. The van der Waals surface area contributed by atoms with Gasteiger partial charge in [0, 0.05) is 24.6 Å². The SMILES string of the molecule is COc1ccccc1OCCn1c([C@@H]2CC(=O)N(c3cc(C)cc(C)c3)C2)nc2ccccc21. The number of carbonyl (C=O) groups excluding carboxylic acids is 1. The second kappa shape index (κ2) is 9.21. The molecule has 0 unspecified atom stereocenters. The highest BCUT2D eigenvalue weighted by molar-refractivity contribution is 5.96. The molecule has 174 valence electrons. The second-order valence-electron chi connectivity index (χ2n) is 8.86. The van der Waals surface area contributed by atoms with Gasteiger partial charge < -0.3 is 18.9 Å². The molecule has 34 heavy (non-hydrogen) atoms. The number of carbonyl (C=O) groups is 1. The van der Waals surface area contributed by atoms with Gasteiger partial charge in [-0.2, -0.15) is 0 Å². The maximum atomic E-state index is 13.0. The molecule has 0 spiro atoms. The molecule has 0 N–H and O–H groups in total. The van der Waals surface area contributed by atoms with Crippen molar-refractivity contribution in [3.8, 4) is 11.5 Å². The van der Waals surface area contributed by atoms with Crippen LogP contribution < -0.4 is 14.4 Å². The Morgan fingerprint density at radius 1 is 0.971 bits per heavy atom. The van der Waals surface area contributed by atoms with Crippen LogP contribution in [0.3, 0.4) is 0 Å². The summed E-state index contributed by atoms with van der Waals surface area (Å²) in [5.74, 6) is 2.52. The van der Waals surface area contributed by atoms with Crippen molar-refractivity contribution >= 4 is 22.6 Å². The molecule has 1 aromatic heterocycles. The number of fused-ring (bicyclic) bond motifs is 1. The average Bonchev–Trinajstić information content (AvgIpc) is 3.39. The minimum Gasteiger partial charge on any atom is -0.493 e. The van der Waals surface area contributed by atoms with Crippen LogP contribution in [0.1, 0.15) is 29.3 Å². The van der Waals surface area contributed by atoms with Crippen LogP contribution in [0.15, 0.2) is 66.7 Å². The molecule has 1 fully saturated rings. The van der Waals surface area contributed by atoms with E-state index in [9.17, 15) is 4.79 Å². The number of methoxy groups -OCH3 is 1. The van der Waals surface area contributed by atoms with Gasteiger partial charge in [-0.3, -0.25) is 4.79 Å². The zero-order valence-electron chi connectivity index (χ0n) is 19.8. The van der Waals surface area contributed by atoms with Crippen LogP contribution in [-0.2, 0) is 11.3 Å². The monoisotopic (exact) mass is 455 g/mol. The number of imidazole rings is 1. The topological polar surface area (TPSA) is 56.6 Å². The maximum absolute atomic E-state index is 13.0. The van der Waals surface area contributed by atoms with Crippen LogP contribution in [-0.4, -0.2) is 35.7 Å². The highest BCUT2D eigenvalue weighted by Gasteiger charge is 2.35. The van der Waals surface area contributed by atoms with Crippen molar-refractivity contribution in [1.82, 2.24) is 9.55 Å². The molecule has 4 aromatic rings.